The number of piperidine rings is 1. The summed E-state index contributed by atoms with van der Waals surface area (Å²) in [6.45, 7) is 3.40. The number of benzene rings is 2. The lowest BCUT2D eigenvalue weighted by molar-refractivity contribution is 0.117. The number of methoxy groups -OCH3 is 1. The number of amides is 2. The molecule has 1 aliphatic rings. The molecule has 9 nitrogen and oxygen atoms in total. The molecule has 0 aliphatic carbocycles. The number of aliphatic hydroxyl groups is 1. The standard InChI is InChI=1S/C24H29N5O4S/c1-32-17-6-7-18-20(14-17)27-24(33-13-12-29-10-8-16(15-30)9-11-29)28-22(18)34-21-5-3-2-4-19(21)26-23(25)31/h2-7,14,16,30H,8-13,15H2,1H3,(H3,25,26,31). The largest absolute Gasteiger partial charge is 0.497 e. The average Bonchev–Trinajstić information content (AvgIpc) is 2.85. The number of hydrogen-bond donors (Lipinski definition) is 3. The Hall–Kier alpha value is -3.08. The molecule has 4 rings (SSSR count). The van der Waals surface area contributed by atoms with Gasteiger partial charge in [0.2, 0.25) is 0 Å². The summed E-state index contributed by atoms with van der Waals surface area (Å²) in [5, 5.41) is 13.5. The molecule has 4 N–H and O–H groups in total. The lowest BCUT2D eigenvalue weighted by Crippen LogP contribution is -2.37. The number of anilines is 1. The van der Waals surface area contributed by atoms with Crippen molar-refractivity contribution in [3.63, 3.8) is 0 Å². The van der Waals surface area contributed by atoms with Gasteiger partial charge < -0.3 is 25.6 Å². The van der Waals surface area contributed by atoms with Gasteiger partial charge in [0.25, 0.3) is 0 Å². The van der Waals surface area contributed by atoms with E-state index in [0.29, 0.717) is 34.5 Å². The van der Waals surface area contributed by atoms with Crippen LogP contribution in [-0.2, 0) is 0 Å². The van der Waals surface area contributed by atoms with E-state index in [1.807, 2.05) is 36.4 Å². The van der Waals surface area contributed by atoms with Crippen LogP contribution in [0.1, 0.15) is 12.8 Å². The predicted molar refractivity (Wildman–Crippen MR) is 132 cm³/mol. The number of carbonyl (C=O) groups excluding carboxylic acids is 1. The van der Waals surface area contributed by atoms with Gasteiger partial charge in [0.05, 0.1) is 18.3 Å². The van der Waals surface area contributed by atoms with Gasteiger partial charge >= 0.3 is 12.0 Å². The topological polar surface area (TPSA) is 123 Å². The van der Waals surface area contributed by atoms with Crippen molar-refractivity contribution in [3.8, 4) is 11.8 Å². The van der Waals surface area contributed by atoms with Crippen LogP contribution in [0.3, 0.4) is 0 Å². The van der Waals surface area contributed by atoms with Gasteiger partial charge in [-0.15, -0.1) is 0 Å². The van der Waals surface area contributed by atoms with E-state index in [1.54, 1.807) is 13.2 Å². The van der Waals surface area contributed by atoms with Crippen LogP contribution in [0, 0.1) is 5.92 Å². The Balaban J connectivity index is 1.55. The molecule has 0 bridgehead atoms. The fraction of sp³-hybridized carbons (Fsp3) is 0.375. The Labute approximate surface area is 202 Å². The zero-order valence-corrected chi connectivity index (χ0v) is 19.9. The second kappa shape index (κ2) is 11.4. The summed E-state index contributed by atoms with van der Waals surface area (Å²) >= 11 is 1.40. The monoisotopic (exact) mass is 483 g/mol. The lowest BCUT2D eigenvalue weighted by Gasteiger charge is -2.30. The number of nitrogens with one attached hydrogen (secondary N) is 1. The van der Waals surface area contributed by atoms with Gasteiger partial charge in [-0.05, 0) is 56.1 Å². The molecular weight excluding hydrogens is 454 g/mol. The number of nitrogens with zero attached hydrogens (tertiary/aromatic N) is 3. The SMILES string of the molecule is COc1ccc2c(Sc3ccccc3NC(N)=O)nc(OCCN3CCC(CO)CC3)nc2c1. The van der Waals surface area contributed by atoms with Gasteiger partial charge in [-0.3, -0.25) is 4.90 Å². The number of para-hydroxylation sites is 1. The first kappa shape index (κ1) is 24.1. The van der Waals surface area contributed by atoms with Crippen LogP contribution in [0.15, 0.2) is 52.4 Å². The third-order valence-electron chi connectivity index (χ3n) is 5.80. The minimum Gasteiger partial charge on any atom is -0.497 e. The number of carbonyl (C=O) groups is 1. The van der Waals surface area contributed by atoms with E-state index < -0.39 is 6.03 Å². The molecule has 2 heterocycles. The van der Waals surface area contributed by atoms with E-state index in [9.17, 15) is 9.90 Å². The molecule has 2 aromatic carbocycles. The molecule has 0 spiro atoms. The van der Waals surface area contributed by atoms with E-state index in [2.05, 4.69) is 20.2 Å². The summed E-state index contributed by atoms with van der Waals surface area (Å²) in [6.07, 6.45) is 2.00. The summed E-state index contributed by atoms with van der Waals surface area (Å²) in [6, 6.07) is 12.7. The molecule has 1 saturated heterocycles. The molecule has 34 heavy (non-hydrogen) atoms. The third kappa shape index (κ3) is 6.07. The van der Waals surface area contributed by atoms with Crippen molar-refractivity contribution in [1.29, 1.82) is 0 Å². The fourth-order valence-electron chi connectivity index (χ4n) is 3.88. The predicted octanol–water partition coefficient (Wildman–Crippen LogP) is 3.36. The maximum atomic E-state index is 11.4. The highest BCUT2D eigenvalue weighted by molar-refractivity contribution is 7.99. The van der Waals surface area contributed by atoms with E-state index in [-0.39, 0.29) is 12.6 Å². The Bertz CT molecular complexity index is 1140. The summed E-state index contributed by atoms with van der Waals surface area (Å²) in [5.41, 5.74) is 6.64. The number of nitrogens with two attached hydrogens (primary N) is 1. The van der Waals surface area contributed by atoms with Crippen LogP contribution in [0.25, 0.3) is 10.9 Å². The van der Waals surface area contributed by atoms with Crippen LogP contribution in [0.4, 0.5) is 10.5 Å². The van der Waals surface area contributed by atoms with E-state index >= 15 is 0 Å². The van der Waals surface area contributed by atoms with Crippen LogP contribution < -0.4 is 20.5 Å². The van der Waals surface area contributed by atoms with Gasteiger partial charge in [-0.1, -0.05) is 23.9 Å². The van der Waals surface area contributed by atoms with E-state index in [4.69, 9.17) is 15.2 Å². The van der Waals surface area contributed by atoms with Crippen LogP contribution >= 0.6 is 11.8 Å². The van der Waals surface area contributed by atoms with Gasteiger partial charge in [-0.25, -0.2) is 4.79 Å². The highest BCUT2D eigenvalue weighted by Crippen LogP contribution is 2.37. The average molecular weight is 484 g/mol. The molecule has 2 amide bonds. The number of urea groups is 1. The molecular formula is C24H29N5O4S. The van der Waals surface area contributed by atoms with Crippen molar-refractivity contribution in [1.82, 2.24) is 14.9 Å². The molecule has 180 valence electrons. The summed E-state index contributed by atoms with van der Waals surface area (Å²) in [5.74, 6) is 1.10. The van der Waals surface area contributed by atoms with Crippen molar-refractivity contribution < 1.29 is 19.4 Å². The maximum absolute atomic E-state index is 11.4. The summed E-state index contributed by atoms with van der Waals surface area (Å²) in [4.78, 5) is 23.8. The number of fused-ring (bicyclic) bond motifs is 1. The number of aromatic nitrogens is 2. The van der Waals surface area contributed by atoms with Gasteiger partial charge in [0, 0.05) is 29.5 Å². The Kier molecular flexibility index (Phi) is 8.04. The number of ether oxygens (including phenoxy) is 2. The first-order valence-electron chi connectivity index (χ1n) is 11.2. The Morgan fingerprint density at radius 3 is 2.76 bits per heavy atom. The van der Waals surface area contributed by atoms with Gasteiger partial charge in [-0.2, -0.15) is 9.97 Å². The molecule has 1 fully saturated rings. The third-order valence-corrected chi connectivity index (χ3v) is 6.88. The Morgan fingerprint density at radius 2 is 2.03 bits per heavy atom. The van der Waals surface area contributed by atoms with Crippen molar-refractivity contribution in [2.24, 2.45) is 11.7 Å². The number of hydrogen-bond acceptors (Lipinski definition) is 8. The van der Waals surface area contributed by atoms with Crippen molar-refractivity contribution in [2.75, 3.05) is 45.3 Å². The minimum absolute atomic E-state index is 0.261. The van der Waals surface area contributed by atoms with Gasteiger partial charge in [0.1, 0.15) is 17.4 Å². The highest BCUT2D eigenvalue weighted by Gasteiger charge is 2.19. The number of likely N-dealkylation sites (tertiary alicyclic amines) is 1. The molecule has 0 atom stereocenters. The number of aliphatic hydroxyl groups excluding tert-OH is 1. The molecule has 3 aromatic rings. The molecule has 1 aromatic heterocycles. The second-order valence-corrected chi connectivity index (χ2v) is 9.13. The molecule has 0 unspecified atom stereocenters. The van der Waals surface area contributed by atoms with Crippen molar-refractivity contribution in [2.45, 2.75) is 22.8 Å². The molecule has 0 saturated carbocycles. The molecule has 0 radical (unpaired) electrons. The number of rotatable bonds is 9. The van der Waals surface area contributed by atoms with Crippen LogP contribution in [0.2, 0.25) is 0 Å². The van der Waals surface area contributed by atoms with Crippen molar-refractivity contribution >= 4 is 34.4 Å². The smallest absolute Gasteiger partial charge is 0.318 e. The first-order chi connectivity index (χ1) is 16.6. The highest BCUT2D eigenvalue weighted by atomic mass is 32.2. The summed E-state index contributed by atoms with van der Waals surface area (Å²) in [7, 11) is 1.61. The second-order valence-electron chi connectivity index (χ2n) is 8.10. The van der Waals surface area contributed by atoms with E-state index in [0.717, 1.165) is 42.8 Å². The molecule has 1 aliphatic heterocycles. The fourth-order valence-corrected chi connectivity index (χ4v) is 4.87. The lowest BCUT2D eigenvalue weighted by atomic mass is 9.98. The van der Waals surface area contributed by atoms with E-state index in [1.165, 1.54) is 11.8 Å². The van der Waals surface area contributed by atoms with Gasteiger partial charge in [0.15, 0.2) is 0 Å². The normalized spacial score (nSPS) is 14.8. The maximum Gasteiger partial charge on any atom is 0.318 e. The Morgan fingerprint density at radius 1 is 1.24 bits per heavy atom. The minimum atomic E-state index is -0.627. The zero-order chi connectivity index (χ0) is 23.9. The first-order valence-corrected chi connectivity index (χ1v) is 12.0. The van der Waals surface area contributed by atoms with Crippen molar-refractivity contribution in [3.05, 3.63) is 42.5 Å². The molecule has 10 heteroatoms. The number of primary amides is 1. The van der Waals surface area contributed by atoms with Crippen LogP contribution in [-0.4, -0.2) is 66.0 Å². The summed E-state index contributed by atoms with van der Waals surface area (Å²) < 4.78 is 11.3. The zero-order valence-electron chi connectivity index (χ0n) is 19.1. The quantitative estimate of drug-likeness (QED) is 0.396. The van der Waals surface area contributed by atoms with Crippen LogP contribution in [0.5, 0.6) is 11.8 Å².